The van der Waals surface area contributed by atoms with E-state index in [0.717, 1.165) is 70.8 Å². The molecule has 0 bridgehead atoms. The first kappa shape index (κ1) is 21.6. The van der Waals surface area contributed by atoms with E-state index in [4.69, 9.17) is 4.74 Å². The Bertz CT molecular complexity index is 844. The zero-order valence-corrected chi connectivity index (χ0v) is 18.7. The maximum absolute atomic E-state index is 5.59. The predicted octanol–water partition coefficient (Wildman–Crippen LogP) is 2.16. The Kier molecular flexibility index (Phi) is 7.38. The number of aromatic nitrogens is 1. The topological polar surface area (TPSA) is 56.2 Å². The molecule has 7 nitrogen and oxygen atoms in total. The molecule has 1 aromatic carbocycles. The quantitative estimate of drug-likeness (QED) is 0.589. The third-order valence-electron chi connectivity index (χ3n) is 6.13. The predicted molar refractivity (Wildman–Crippen MR) is 126 cm³/mol. The molecule has 3 heterocycles. The van der Waals surface area contributed by atoms with Crippen LogP contribution in [-0.4, -0.2) is 86.8 Å². The normalized spacial score (nSPS) is 19.4. The molecule has 2 aromatic rings. The Morgan fingerprint density at radius 2 is 1.87 bits per heavy atom. The minimum absolute atomic E-state index is 0.301. The summed E-state index contributed by atoms with van der Waals surface area (Å²) in [6, 6.07) is 15.3. The highest BCUT2D eigenvalue weighted by Gasteiger charge is 2.25. The van der Waals surface area contributed by atoms with E-state index in [1.54, 1.807) is 0 Å². The summed E-state index contributed by atoms with van der Waals surface area (Å²) >= 11 is 0. The molecule has 1 aromatic heterocycles. The first-order chi connectivity index (χ1) is 15.2. The lowest BCUT2D eigenvalue weighted by molar-refractivity contribution is 0.0169. The van der Waals surface area contributed by atoms with Crippen molar-refractivity contribution in [3.05, 3.63) is 59.8 Å². The molecule has 0 aliphatic carbocycles. The summed E-state index contributed by atoms with van der Waals surface area (Å²) in [5.41, 5.74) is 2.65. The number of benzene rings is 1. The van der Waals surface area contributed by atoms with Crippen LogP contribution in [0.3, 0.4) is 0 Å². The van der Waals surface area contributed by atoms with Gasteiger partial charge >= 0.3 is 0 Å². The highest BCUT2D eigenvalue weighted by Crippen LogP contribution is 2.22. The SMILES string of the molecule is CN=C(NCC(c1cccc(C)c1)N1CCOCC1)N1CCN(c2ccccn2)CC1. The fourth-order valence-electron chi connectivity index (χ4n) is 4.43. The molecule has 2 fully saturated rings. The van der Waals surface area contributed by atoms with Crippen LogP contribution in [0.1, 0.15) is 17.2 Å². The number of piperazine rings is 1. The van der Waals surface area contributed by atoms with E-state index in [-0.39, 0.29) is 0 Å². The summed E-state index contributed by atoms with van der Waals surface area (Å²) < 4.78 is 5.59. The van der Waals surface area contributed by atoms with E-state index in [9.17, 15) is 0 Å². The number of anilines is 1. The molecule has 1 atom stereocenters. The molecule has 0 amide bonds. The van der Waals surface area contributed by atoms with Crippen molar-refractivity contribution in [3.63, 3.8) is 0 Å². The second-order valence-electron chi connectivity index (χ2n) is 8.17. The number of nitrogens with one attached hydrogen (secondary N) is 1. The number of nitrogens with zero attached hydrogens (tertiary/aromatic N) is 5. The summed E-state index contributed by atoms with van der Waals surface area (Å²) in [4.78, 5) is 16.3. The molecule has 2 aliphatic heterocycles. The number of guanidine groups is 1. The van der Waals surface area contributed by atoms with Crippen LogP contribution in [0.15, 0.2) is 53.7 Å². The van der Waals surface area contributed by atoms with E-state index in [2.05, 4.69) is 67.2 Å². The lowest BCUT2D eigenvalue weighted by atomic mass is 10.0. The molecule has 4 rings (SSSR count). The lowest BCUT2D eigenvalue weighted by Gasteiger charge is -2.39. The molecule has 0 radical (unpaired) electrons. The molecule has 1 N–H and O–H groups in total. The van der Waals surface area contributed by atoms with Crippen molar-refractivity contribution < 1.29 is 4.74 Å². The first-order valence-electron chi connectivity index (χ1n) is 11.2. The Morgan fingerprint density at radius 3 is 2.55 bits per heavy atom. The Balaban J connectivity index is 1.39. The number of ether oxygens (including phenoxy) is 1. The van der Waals surface area contributed by atoms with E-state index < -0.39 is 0 Å². The number of hydrogen-bond donors (Lipinski definition) is 1. The van der Waals surface area contributed by atoms with Crippen LogP contribution < -0.4 is 10.2 Å². The van der Waals surface area contributed by atoms with Gasteiger partial charge < -0.3 is 19.9 Å². The molecule has 2 saturated heterocycles. The van der Waals surface area contributed by atoms with Crippen molar-refractivity contribution in [3.8, 4) is 0 Å². The van der Waals surface area contributed by atoms with Crippen LogP contribution in [0.5, 0.6) is 0 Å². The van der Waals surface area contributed by atoms with Gasteiger partial charge in [0.25, 0.3) is 0 Å². The average molecular weight is 423 g/mol. The minimum atomic E-state index is 0.301. The minimum Gasteiger partial charge on any atom is -0.379 e. The van der Waals surface area contributed by atoms with E-state index in [1.807, 2.05) is 25.4 Å². The van der Waals surface area contributed by atoms with Crippen LogP contribution in [0.4, 0.5) is 5.82 Å². The van der Waals surface area contributed by atoms with Crippen LogP contribution in [0, 0.1) is 6.92 Å². The van der Waals surface area contributed by atoms with Crippen molar-refractivity contribution in [1.82, 2.24) is 20.1 Å². The summed E-state index contributed by atoms with van der Waals surface area (Å²) in [6.45, 7) is 10.3. The van der Waals surface area contributed by atoms with Gasteiger partial charge in [-0.1, -0.05) is 35.9 Å². The van der Waals surface area contributed by atoms with Crippen molar-refractivity contribution in [2.24, 2.45) is 4.99 Å². The van der Waals surface area contributed by atoms with Gasteiger partial charge in [-0.2, -0.15) is 0 Å². The van der Waals surface area contributed by atoms with Crippen LogP contribution in [0.25, 0.3) is 0 Å². The highest BCUT2D eigenvalue weighted by atomic mass is 16.5. The van der Waals surface area contributed by atoms with Gasteiger partial charge in [-0.15, -0.1) is 0 Å². The lowest BCUT2D eigenvalue weighted by Crippen LogP contribution is -2.54. The van der Waals surface area contributed by atoms with Crippen molar-refractivity contribution >= 4 is 11.8 Å². The van der Waals surface area contributed by atoms with Crippen molar-refractivity contribution in [2.45, 2.75) is 13.0 Å². The molecule has 1 unspecified atom stereocenters. The number of rotatable bonds is 5. The molecule has 0 saturated carbocycles. The first-order valence-corrected chi connectivity index (χ1v) is 11.2. The average Bonchev–Trinajstić information content (AvgIpc) is 2.83. The van der Waals surface area contributed by atoms with Crippen molar-refractivity contribution in [2.75, 3.05) is 71.0 Å². The molecule has 7 heteroatoms. The third-order valence-corrected chi connectivity index (χ3v) is 6.13. The summed E-state index contributed by atoms with van der Waals surface area (Å²) in [6.07, 6.45) is 1.86. The van der Waals surface area contributed by atoms with Gasteiger partial charge in [0, 0.05) is 59.1 Å². The summed E-state index contributed by atoms with van der Waals surface area (Å²) in [5.74, 6) is 2.03. The van der Waals surface area contributed by atoms with Crippen LogP contribution in [0.2, 0.25) is 0 Å². The second-order valence-corrected chi connectivity index (χ2v) is 8.17. The Morgan fingerprint density at radius 1 is 1.06 bits per heavy atom. The highest BCUT2D eigenvalue weighted by molar-refractivity contribution is 5.80. The summed E-state index contributed by atoms with van der Waals surface area (Å²) in [7, 11) is 1.88. The number of morpholine rings is 1. The smallest absolute Gasteiger partial charge is 0.193 e. The fourth-order valence-corrected chi connectivity index (χ4v) is 4.43. The van der Waals surface area contributed by atoms with Gasteiger partial charge in [0.05, 0.1) is 19.3 Å². The molecule has 166 valence electrons. The molecule has 0 spiro atoms. The van der Waals surface area contributed by atoms with E-state index >= 15 is 0 Å². The fraction of sp³-hybridized carbons (Fsp3) is 0.500. The van der Waals surface area contributed by atoms with Gasteiger partial charge in [0.15, 0.2) is 5.96 Å². The van der Waals surface area contributed by atoms with Gasteiger partial charge in [-0.3, -0.25) is 9.89 Å². The standard InChI is InChI=1S/C24H34N6O/c1-20-6-5-7-21(18-20)22(28-14-16-31-17-15-28)19-27-24(25-2)30-12-10-29(11-13-30)23-8-3-4-9-26-23/h3-9,18,22H,10-17,19H2,1-2H3,(H,25,27). The summed E-state index contributed by atoms with van der Waals surface area (Å²) in [5, 5.41) is 3.67. The Labute approximate surface area is 185 Å². The zero-order valence-electron chi connectivity index (χ0n) is 18.7. The zero-order chi connectivity index (χ0) is 21.5. The monoisotopic (exact) mass is 422 g/mol. The molecular weight excluding hydrogens is 388 g/mol. The van der Waals surface area contributed by atoms with Crippen LogP contribution >= 0.6 is 0 Å². The molecular formula is C24H34N6O. The number of pyridine rings is 1. The van der Waals surface area contributed by atoms with Crippen LogP contribution in [-0.2, 0) is 4.74 Å². The van der Waals surface area contributed by atoms with E-state index in [1.165, 1.54) is 11.1 Å². The third kappa shape index (κ3) is 5.54. The number of aryl methyl sites for hydroxylation is 1. The van der Waals surface area contributed by atoms with E-state index in [0.29, 0.717) is 6.04 Å². The maximum atomic E-state index is 5.59. The molecule has 31 heavy (non-hydrogen) atoms. The van der Waals surface area contributed by atoms with Gasteiger partial charge in [0.1, 0.15) is 5.82 Å². The van der Waals surface area contributed by atoms with Gasteiger partial charge in [-0.25, -0.2) is 4.98 Å². The largest absolute Gasteiger partial charge is 0.379 e. The Hall–Kier alpha value is -2.64. The van der Waals surface area contributed by atoms with Gasteiger partial charge in [-0.05, 0) is 24.6 Å². The number of aliphatic imine (C=N–C) groups is 1. The van der Waals surface area contributed by atoms with Crippen molar-refractivity contribution in [1.29, 1.82) is 0 Å². The second kappa shape index (κ2) is 10.6. The number of hydrogen-bond acceptors (Lipinski definition) is 5. The molecule has 2 aliphatic rings. The maximum Gasteiger partial charge on any atom is 0.193 e. The van der Waals surface area contributed by atoms with Gasteiger partial charge in [0.2, 0.25) is 0 Å².